The average molecular weight is 823 g/mol. The summed E-state index contributed by atoms with van der Waals surface area (Å²) >= 11 is 0. The van der Waals surface area contributed by atoms with Crippen LogP contribution in [-0.2, 0) is 38.1 Å². The number of ketones is 1. The first-order chi connectivity index (χ1) is 26.8. The van der Waals surface area contributed by atoms with Crippen LogP contribution >= 0.6 is 0 Å². The van der Waals surface area contributed by atoms with E-state index in [1.165, 1.54) is 0 Å². The zero-order valence-corrected chi connectivity index (χ0v) is 34.4. The second-order valence-corrected chi connectivity index (χ2v) is 20.6. The van der Waals surface area contributed by atoms with E-state index in [0.717, 1.165) is 37.7 Å². The van der Waals surface area contributed by atoms with E-state index < -0.39 is 107 Å². The van der Waals surface area contributed by atoms with Gasteiger partial charge < -0.3 is 59.8 Å². The molecule has 2 heterocycles. The third kappa shape index (κ3) is 6.25. The maximum absolute atomic E-state index is 14.8. The van der Waals surface area contributed by atoms with Crippen LogP contribution < -0.4 is 0 Å². The molecule has 0 bridgehead atoms. The van der Waals surface area contributed by atoms with Crippen LogP contribution in [0, 0.1) is 50.2 Å². The third-order valence-electron chi connectivity index (χ3n) is 17.2. The first kappa shape index (κ1) is 43.5. The molecule has 0 radical (unpaired) electrons. The lowest BCUT2D eigenvalue weighted by Crippen LogP contribution is -2.68. The zero-order chi connectivity index (χ0) is 42.9. The van der Waals surface area contributed by atoms with Crippen molar-refractivity contribution < 1.29 is 79.0 Å². The van der Waals surface area contributed by atoms with Crippen LogP contribution in [0.1, 0.15) is 106 Å². The fourth-order valence-corrected chi connectivity index (χ4v) is 13.4. The van der Waals surface area contributed by atoms with E-state index in [2.05, 4.69) is 27.7 Å². The maximum atomic E-state index is 14.8. The van der Waals surface area contributed by atoms with Gasteiger partial charge in [0.25, 0.3) is 0 Å². The van der Waals surface area contributed by atoms with Gasteiger partial charge in [-0.05, 0) is 110 Å². The van der Waals surface area contributed by atoms with Gasteiger partial charge >= 0.3 is 17.9 Å². The molecule has 16 heteroatoms. The Kier molecular flexibility index (Phi) is 10.7. The van der Waals surface area contributed by atoms with Crippen LogP contribution in [0.2, 0.25) is 0 Å². The number of hydrogen-bond donors (Lipinski definition) is 8. The monoisotopic (exact) mass is 822 g/mol. The molecule has 19 atom stereocenters. The quantitative estimate of drug-likeness (QED) is 0.171. The molecule has 0 aromatic heterocycles. The lowest BCUT2D eigenvalue weighted by Gasteiger charge is -2.70. The van der Waals surface area contributed by atoms with Gasteiger partial charge in [-0.3, -0.25) is 9.59 Å². The van der Waals surface area contributed by atoms with Crippen molar-refractivity contribution in [2.24, 2.45) is 50.2 Å². The lowest BCUT2D eigenvalue weighted by atomic mass is 9.33. The highest BCUT2D eigenvalue weighted by Gasteiger charge is 2.71. The fraction of sp³-hybridized carbons (Fsp3) is 0.857. The molecule has 4 unspecified atom stereocenters. The summed E-state index contributed by atoms with van der Waals surface area (Å²) < 4.78 is 23.4. The van der Waals surface area contributed by atoms with Crippen LogP contribution in [0.3, 0.4) is 0 Å². The number of allylic oxidation sites excluding steroid dienone is 2. The van der Waals surface area contributed by atoms with E-state index in [9.17, 15) is 60.0 Å². The van der Waals surface area contributed by atoms with Crippen molar-refractivity contribution in [1.29, 1.82) is 0 Å². The van der Waals surface area contributed by atoms with E-state index in [4.69, 9.17) is 18.9 Å². The van der Waals surface area contributed by atoms with Gasteiger partial charge in [0, 0.05) is 5.92 Å². The number of carbonyl (C=O) groups is 4. The van der Waals surface area contributed by atoms with Gasteiger partial charge in [0.05, 0.1) is 11.5 Å². The molecule has 16 nitrogen and oxygen atoms in total. The van der Waals surface area contributed by atoms with Gasteiger partial charge in [-0.2, -0.15) is 0 Å². The number of carboxylic acids is 3. The summed E-state index contributed by atoms with van der Waals surface area (Å²) in [5.41, 5.74) is -1.81. The molecule has 0 spiro atoms. The van der Waals surface area contributed by atoms with Crippen LogP contribution in [0.15, 0.2) is 11.6 Å². The van der Waals surface area contributed by atoms with E-state index >= 15 is 0 Å². The summed E-state index contributed by atoms with van der Waals surface area (Å²) in [5, 5.41) is 83.0. The highest BCUT2D eigenvalue weighted by Crippen LogP contribution is 2.75. The molecule has 2 saturated heterocycles. The second-order valence-electron chi connectivity index (χ2n) is 20.6. The van der Waals surface area contributed by atoms with Crippen LogP contribution in [0.4, 0.5) is 0 Å². The highest BCUT2D eigenvalue weighted by molar-refractivity contribution is 5.95. The lowest BCUT2D eigenvalue weighted by molar-refractivity contribution is -0.371. The molecular formula is C42H62O16. The molecule has 326 valence electrons. The molecule has 58 heavy (non-hydrogen) atoms. The number of carbonyl (C=O) groups excluding carboxylic acids is 1. The standard InChI is InChI=1S/C42H62O16/c1-37(2)21-8-11-42(7)31(20(43)16-18-19-17-39(4,36(53)54)13-12-38(19,3)14-15-41(18,42)6)40(21,5)10-9-22(37)55-35-30(26(47)25(46)29(57-35)33(51)52)58-34-27(48)23(44)24(45)28(56-34)32(49)50/h16,19,21-31,34-35,44-48H,8-15,17H2,1-7H3,(H,49,50)(H,51,52)(H,53,54)/t19-,21-,22-,23?,24-,25-,26-,27-,28?,29?,30?,31+,34-,35-,38+,39-,40-,41+,42+/m0/s1. The first-order valence-corrected chi connectivity index (χ1v) is 20.7. The summed E-state index contributed by atoms with van der Waals surface area (Å²) in [6.07, 6.45) is -12.2. The van der Waals surface area contributed by atoms with Gasteiger partial charge in [-0.25, -0.2) is 9.59 Å². The Labute approximate surface area is 337 Å². The van der Waals surface area contributed by atoms with Gasteiger partial charge in [-0.15, -0.1) is 0 Å². The van der Waals surface area contributed by atoms with Crippen LogP contribution in [-0.4, -0.2) is 132 Å². The molecule has 7 rings (SSSR count). The number of hydrogen-bond acceptors (Lipinski definition) is 13. The van der Waals surface area contributed by atoms with Gasteiger partial charge in [0.15, 0.2) is 30.6 Å². The molecule has 7 aliphatic rings. The van der Waals surface area contributed by atoms with E-state index in [0.29, 0.717) is 25.7 Å². The average Bonchev–Trinajstić information content (AvgIpc) is 3.13. The topological polar surface area (TPSA) is 267 Å². The Morgan fingerprint density at radius 1 is 0.690 bits per heavy atom. The number of carboxylic acid groups (broad SMARTS) is 3. The van der Waals surface area contributed by atoms with Crippen LogP contribution in [0.25, 0.3) is 0 Å². The van der Waals surface area contributed by atoms with Crippen molar-refractivity contribution in [1.82, 2.24) is 0 Å². The number of fused-ring (bicyclic) bond motifs is 7. The minimum absolute atomic E-state index is 0.0217. The Bertz CT molecular complexity index is 1730. The number of aliphatic hydroxyl groups excluding tert-OH is 5. The second kappa shape index (κ2) is 14.3. The van der Waals surface area contributed by atoms with Gasteiger partial charge in [0.2, 0.25) is 0 Å². The van der Waals surface area contributed by atoms with Crippen molar-refractivity contribution in [2.45, 2.75) is 174 Å². The molecule has 6 fully saturated rings. The van der Waals surface area contributed by atoms with Gasteiger partial charge in [0.1, 0.15) is 36.6 Å². The number of aliphatic carboxylic acids is 3. The highest BCUT2D eigenvalue weighted by atomic mass is 16.8. The summed E-state index contributed by atoms with van der Waals surface area (Å²) in [5.74, 6) is -4.47. The Balaban J connectivity index is 1.17. The molecule has 4 saturated carbocycles. The van der Waals surface area contributed by atoms with Crippen molar-refractivity contribution in [3.8, 4) is 0 Å². The smallest absolute Gasteiger partial charge is 0.335 e. The molecule has 8 N–H and O–H groups in total. The maximum Gasteiger partial charge on any atom is 0.335 e. The third-order valence-corrected chi connectivity index (χ3v) is 17.2. The van der Waals surface area contributed by atoms with Crippen molar-refractivity contribution in [3.05, 3.63) is 11.6 Å². The minimum Gasteiger partial charge on any atom is -0.481 e. The predicted molar refractivity (Wildman–Crippen MR) is 199 cm³/mol. The van der Waals surface area contributed by atoms with E-state index in [1.807, 2.05) is 26.8 Å². The normalized spacial score (nSPS) is 52.6. The fourth-order valence-electron chi connectivity index (χ4n) is 13.4. The van der Waals surface area contributed by atoms with Crippen molar-refractivity contribution in [3.63, 3.8) is 0 Å². The van der Waals surface area contributed by atoms with Crippen LogP contribution in [0.5, 0.6) is 0 Å². The zero-order valence-electron chi connectivity index (χ0n) is 34.4. The van der Waals surface area contributed by atoms with Crippen molar-refractivity contribution in [2.75, 3.05) is 0 Å². The largest absolute Gasteiger partial charge is 0.481 e. The Hall–Kier alpha value is -2.54. The number of aliphatic hydroxyl groups is 5. The molecule has 0 amide bonds. The minimum atomic E-state index is -2.05. The predicted octanol–water partition coefficient (Wildman–Crippen LogP) is 2.25. The number of rotatable bonds is 7. The molecular weight excluding hydrogens is 760 g/mol. The van der Waals surface area contributed by atoms with Gasteiger partial charge in [-0.1, -0.05) is 47.1 Å². The first-order valence-electron chi connectivity index (χ1n) is 20.7. The summed E-state index contributed by atoms with van der Waals surface area (Å²) in [4.78, 5) is 51.3. The molecule has 0 aromatic carbocycles. The summed E-state index contributed by atoms with van der Waals surface area (Å²) in [6.45, 7) is 14.8. The SMILES string of the molecule is CC1(C)[C@@H](O[C@H]2OC(C(=O)O)[C@@H](O)[C@H](O)C2O[C@@H]2OC(C(=O)O)[C@@H](O)C(O)[C@@H]2O)CC[C@]2(C)[C@H]3C(=O)C=C4[C@@H]5C[C@@](C)(C(=O)O)CC[C@]5(C)CC[C@@]4(C)[C@]3(C)CC[C@@H]12. The molecule has 5 aliphatic carbocycles. The molecule has 0 aromatic rings. The van der Waals surface area contributed by atoms with Crippen molar-refractivity contribution >= 4 is 23.7 Å². The van der Waals surface area contributed by atoms with E-state index in [1.54, 1.807) is 0 Å². The number of ether oxygens (including phenoxy) is 4. The Morgan fingerprint density at radius 2 is 1.28 bits per heavy atom. The summed E-state index contributed by atoms with van der Waals surface area (Å²) in [6, 6.07) is 0. The van der Waals surface area contributed by atoms with E-state index in [-0.39, 0.29) is 34.4 Å². The summed E-state index contributed by atoms with van der Waals surface area (Å²) in [7, 11) is 0. The Morgan fingerprint density at radius 3 is 1.88 bits per heavy atom. The molecule has 2 aliphatic heterocycles.